The van der Waals surface area contributed by atoms with Crippen LogP contribution in [0.15, 0.2) is 0 Å². The Hall–Kier alpha value is -0.770. The number of hydrogen-bond donors (Lipinski definition) is 1. The predicted molar refractivity (Wildman–Crippen MR) is 45.3 cm³/mol. The third kappa shape index (κ3) is 2.70. The third-order valence-corrected chi connectivity index (χ3v) is 1.54. The van der Waals surface area contributed by atoms with Crippen LogP contribution in [0.2, 0.25) is 0 Å². The van der Waals surface area contributed by atoms with Gasteiger partial charge in [-0.2, -0.15) is 0 Å². The zero-order valence-corrected chi connectivity index (χ0v) is 7.83. The van der Waals surface area contributed by atoms with E-state index in [-0.39, 0.29) is 6.04 Å². The Bertz CT molecular complexity index is 182. The van der Waals surface area contributed by atoms with E-state index in [9.17, 15) is 4.79 Å². The first kappa shape index (κ1) is 9.32. The molecule has 12 heavy (non-hydrogen) atoms. The molecule has 0 radical (unpaired) electrons. The summed E-state index contributed by atoms with van der Waals surface area (Å²) < 4.78 is 5.06. The number of nitrogens with two attached hydrogens (primary N) is 1. The van der Waals surface area contributed by atoms with Crippen LogP contribution in [0.1, 0.15) is 33.6 Å². The van der Waals surface area contributed by atoms with Crippen LogP contribution in [-0.4, -0.2) is 22.7 Å². The fourth-order valence-electron chi connectivity index (χ4n) is 0.816. The summed E-state index contributed by atoms with van der Waals surface area (Å²) in [5.74, 6) is 5.49. The van der Waals surface area contributed by atoms with E-state index in [1.54, 1.807) is 0 Å². The Balaban J connectivity index is 2.36. The number of amides is 1. The maximum Gasteiger partial charge on any atom is 0.424 e. The number of carbonyl (C=O) groups excluding carboxylic acids is 1. The van der Waals surface area contributed by atoms with Gasteiger partial charge in [0.15, 0.2) is 0 Å². The molecule has 1 aliphatic rings. The first-order chi connectivity index (χ1) is 5.40. The van der Waals surface area contributed by atoms with Gasteiger partial charge in [-0.15, -0.1) is 0 Å². The van der Waals surface area contributed by atoms with Gasteiger partial charge in [-0.3, -0.25) is 0 Å². The molecule has 1 rings (SSSR count). The zero-order valence-electron chi connectivity index (χ0n) is 7.83. The van der Waals surface area contributed by atoms with Gasteiger partial charge < -0.3 is 4.74 Å². The van der Waals surface area contributed by atoms with Crippen molar-refractivity contribution in [2.45, 2.75) is 45.3 Å². The number of rotatable bonds is 1. The van der Waals surface area contributed by atoms with Crippen molar-refractivity contribution in [2.24, 2.45) is 5.84 Å². The van der Waals surface area contributed by atoms with Gasteiger partial charge in [0.2, 0.25) is 0 Å². The lowest BCUT2D eigenvalue weighted by Crippen LogP contribution is -2.42. The van der Waals surface area contributed by atoms with Crippen molar-refractivity contribution in [3.05, 3.63) is 0 Å². The highest BCUT2D eigenvalue weighted by Crippen LogP contribution is 2.25. The van der Waals surface area contributed by atoms with Crippen LogP contribution < -0.4 is 5.84 Å². The van der Waals surface area contributed by atoms with Gasteiger partial charge in [0.05, 0.1) is 6.04 Å². The SMILES string of the molecule is CC(C)(C)OC(=O)N(N)C1CC1. The minimum Gasteiger partial charge on any atom is -0.443 e. The topological polar surface area (TPSA) is 55.6 Å². The van der Waals surface area contributed by atoms with Gasteiger partial charge in [-0.25, -0.2) is 15.6 Å². The lowest BCUT2D eigenvalue weighted by Gasteiger charge is -2.23. The maximum atomic E-state index is 11.2. The molecule has 0 atom stereocenters. The third-order valence-electron chi connectivity index (χ3n) is 1.54. The summed E-state index contributed by atoms with van der Waals surface area (Å²) in [6.45, 7) is 5.48. The molecule has 2 N–H and O–H groups in total. The lowest BCUT2D eigenvalue weighted by molar-refractivity contribution is 0.0232. The second kappa shape index (κ2) is 2.94. The molecule has 0 saturated heterocycles. The Morgan fingerprint density at radius 3 is 2.33 bits per heavy atom. The summed E-state index contributed by atoms with van der Waals surface area (Å²) in [4.78, 5) is 11.2. The molecule has 0 heterocycles. The number of ether oxygens (including phenoxy) is 1. The molecular weight excluding hydrogens is 156 g/mol. The highest BCUT2D eigenvalue weighted by molar-refractivity contribution is 5.68. The second-order valence-electron chi connectivity index (χ2n) is 4.12. The van der Waals surface area contributed by atoms with E-state index in [0.29, 0.717) is 0 Å². The number of hydrazine groups is 1. The molecule has 0 aliphatic heterocycles. The van der Waals surface area contributed by atoms with E-state index in [4.69, 9.17) is 10.6 Å². The van der Waals surface area contributed by atoms with Crippen LogP contribution in [0.4, 0.5) is 4.79 Å². The van der Waals surface area contributed by atoms with Gasteiger partial charge in [0.25, 0.3) is 0 Å². The van der Waals surface area contributed by atoms with E-state index in [1.807, 2.05) is 20.8 Å². The Morgan fingerprint density at radius 2 is 2.00 bits per heavy atom. The number of hydrogen-bond acceptors (Lipinski definition) is 3. The van der Waals surface area contributed by atoms with Crippen molar-refractivity contribution >= 4 is 6.09 Å². The van der Waals surface area contributed by atoms with Crippen molar-refractivity contribution in [1.82, 2.24) is 5.01 Å². The summed E-state index contributed by atoms with van der Waals surface area (Å²) in [6.07, 6.45) is 1.57. The van der Waals surface area contributed by atoms with Gasteiger partial charge >= 0.3 is 6.09 Å². The minimum absolute atomic E-state index is 0.208. The second-order valence-corrected chi connectivity index (χ2v) is 4.12. The molecular formula is C8H16N2O2. The van der Waals surface area contributed by atoms with E-state index in [2.05, 4.69) is 0 Å². The Labute approximate surface area is 72.6 Å². The van der Waals surface area contributed by atoms with Crippen molar-refractivity contribution in [3.8, 4) is 0 Å². The first-order valence-electron chi connectivity index (χ1n) is 4.17. The summed E-state index contributed by atoms with van der Waals surface area (Å²) in [6, 6.07) is 0.208. The average molecular weight is 172 g/mol. The lowest BCUT2D eigenvalue weighted by atomic mass is 10.2. The molecule has 1 fully saturated rings. The molecule has 4 nitrogen and oxygen atoms in total. The van der Waals surface area contributed by atoms with Gasteiger partial charge in [-0.05, 0) is 33.6 Å². The van der Waals surface area contributed by atoms with Gasteiger partial charge in [-0.1, -0.05) is 0 Å². The van der Waals surface area contributed by atoms with Crippen LogP contribution in [-0.2, 0) is 4.74 Å². The highest BCUT2D eigenvalue weighted by Gasteiger charge is 2.33. The Morgan fingerprint density at radius 1 is 1.50 bits per heavy atom. The van der Waals surface area contributed by atoms with E-state index >= 15 is 0 Å². The van der Waals surface area contributed by atoms with E-state index < -0.39 is 11.7 Å². The molecule has 0 bridgehead atoms. The predicted octanol–water partition coefficient (Wildman–Crippen LogP) is 1.26. The summed E-state index contributed by atoms with van der Waals surface area (Å²) >= 11 is 0. The normalized spacial score (nSPS) is 17.3. The quantitative estimate of drug-likeness (QED) is 0.368. The molecule has 1 aliphatic carbocycles. The maximum absolute atomic E-state index is 11.2. The number of carbonyl (C=O) groups is 1. The monoisotopic (exact) mass is 172 g/mol. The van der Waals surface area contributed by atoms with E-state index in [1.165, 1.54) is 5.01 Å². The molecule has 1 saturated carbocycles. The van der Waals surface area contributed by atoms with Crippen LogP contribution in [0.25, 0.3) is 0 Å². The van der Waals surface area contributed by atoms with Crippen LogP contribution in [0, 0.1) is 0 Å². The van der Waals surface area contributed by atoms with Crippen LogP contribution in [0.5, 0.6) is 0 Å². The molecule has 1 amide bonds. The van der Waals surface area contributed by atoms with Crippen molar-refractivity contribution in [1.29, 1.82) is 0 Å². The largest absolute Gasteiger partial charge is 0.443 e. The molecule has 4 heteroatoms. The molecule has 0 aromatic rings. The molecule has 0 spiro atoms. The fraction of sp³-hybridized carbons (Fsp3) is 0.875. The summed E-state index contributed by atoms with van der Waals surface area (Å²) in [5, 5.41) is 1.19. The Kier molecular flexibility index (Phi) is 2.28. The summed E-state index contributed by atoms with van der Waals surface area (Å²) in [5.41, 5.74) is -0.455. The zero-order chi connectivity index (χ0) is 9.35. The minimum atomic E-state index is -0.455. The van der Waals surface area contributed by atoms with Crippen molar-refractivity contribution in [3.63, 3.8) is 0 Å². The molecule has 0 aromatic carbocycles. The highest BCUT2D eigenvalue weighted by atomic mass is 16.6. The molecule has 70 valence electrons. The van der Waals surface area contributed by atoms with E-state index in [0.717, 1.165) is 12.8 Å². The van der Waals surface area contributed by atoms with Crippen LogP contribution in [0.3, 0.4) is 0 Å². The standard InChI is InChI=1S/C8H16N2O2/c1-8(2,3)12-7(11)10(9)6-4-5-6/h6H,4-5,9H2,1-3H3. The van der Waals surface area contributed by atoms with Crippen molar-refractivity contribution < 1.29 is 9.53 Å². The smallest absolute Gasteiger partial charge is 0.424 e. The first-order valence-corrected chi connectivity index (χ1v) is 4.17. The van der Waals surface area contributed by atoms with Gasteiger partial charge in [0.1, 0.15) is 5.60 Å². The average Bonchev–Trinajstić information content (AvgIpc) is 2.62. The molecule has 0 aromatic heterocycles. The van der Waals surface area contributed by atoms with Crippen molar-refractivity contribution in [2.75, 3.05) is 0 Å². The van der Waals surface area contributed by atoms with Gasteiger partial charge in [0, 0.05) is 0 Å². The summed E-state index contributed by atoms with van der Waals surface area (Å²) in [7, 11) is 0. The number of nitrogens with zero attached hydrogens (tertiary/aromatic N) is 1. The molecule has 0 unspecified atom stereocenters. The fourth-order valence-corrected chi connectivity index (χ4v) is 0.816. The van der Waals surface area contributed by atoms with Crippen LogP contribution >= 0.6 is 0 Å².